The van der Waals surface area contributed by atoms with Gasteiger partial charge < -0.3 is 15.0 Å². The van der Waals surface area contributed by atoms with Crippen LogP contribution in [0, 0.1) is 0 Å². The van der Waals surface area contributed by atoms with E-state index in [4.69, 9.17) is 4.74 Å². The Morgan fingerprint density at radius 1 is 1.17 bits per heavy atom. The molecule has 1 heterocycles. The molecule has 1 aromatic heterocycles. The largest absolute Gasteiger partial charge is 0.496 e. The first-order valence-electron chi connectivity index (χ1n) is 8.30. The molecule has 0 fully saturated rings. The molecule has 0 aliphatic carbocycles. The van der Waals surface area contributed by atoms with Gasteiger partial charge in [-0.15, -0.1) is 0 Å². The number of benzene rings is 1. The Kier molecular flexibility index (Phi) is 6.61. The van der Waals surface area contributed by atoms with E-state index in [0.717, 1.165) is 30.0 Å². The molecular formula is C19H25N3O2. The molecule has 0 radical (unpaired) electrons. The number of amides is 1. The predicted molar refractivity (Wildman–Crippen MR) is 96.7 cm³/mol. The zero-order valence-corrected chi connectivity index (χ0v) is 14.6. The van der Waals surface area contributed by atoms with E-state index < -0.39 is 0 Å². The minimum Gasteiger partial charge on any atom is -0.496 e. The predicted octanol–water partition coefficient (Wildman–Crippen LogP) is 3.23. The fourth-order valence-electron chi connectivity index (χ4n) is 2.55. The number of hydrogen-bond acceptors (Lipinski definition) is 4. The minimum atomic E-state index is -0.0272. The topological polar surface area (TPSA) is 54.5 Å². The van der Waals surface area contributed by atoms with Crippen molar-refractivity contribution in [3.8, 4) is 5.75 Å². The van der Waals surface area contributed by atoms with Gasteiger partial charge in [-0.1, -0.05) is 18.2 Å². The van der Waals surface area contributed by atoms with Gasteiger partial charge in [0.2, 0.25) is 0 Å². The number of para-hydroxylation sites is 1. The molecule has 0 bridgehead atoms. The van der Waals surface area contributed by atoms with Gasteiger partial charge in [0.15, 0.2) is 0 Å². The zero-order valence-electron chi connectivity index (χ0n) is 14.6. The number of hydrogen-bond donors (Lipinski definition) is 1. The molecule has 0 saturated carbocycles. The van der Waals surface area contributed by atoms with Crippen molar-refractivity contribution >= 4 is 11.6 Å². The van der Waals surface area contributed by atoms with E-state index in [0.29, 0.717) is 18.8 Å². The molecule has 2 rings (SSSR count). The van der Waals surface area contributed by atoms with Gasteiger partial charge >= 0.3 is 0 Å². The Hall–Kier alpha value is -2.56. The fourth-order valence-corrected chi connectivity index (χ4v) is 2.55. The summed E-state index contributed by atoms with van der Waals surface area (Å²) >= 11 is 0. The number of ether oxygens (including phenoxy) is 1. The zero-order chi connectivity index (χ0) is 17.4. The van der Waals surface area contributed by atoms with Crippen LogP contribution in [0.3, 0.4) is 0 Å². The highest BCUT2D eigenvalue weighted by molar-refractivity contribution is 5.92. The number of nitrogens with zero attached hydrogens (tertiary/aromatic N) is 2. The fraction of sp³-hybridized carbons (Fsp3) is 0.368. The number of aromatic nitrogens is 1. The molecule has 5 heteroatoms. The summed E-state index contributed by atoms with van der Waals surface area (Å²) in [5, 5.41) is 3.32. The first-order valence-corrected chi connectivity index (χ1v) is 8.30. The molecule has 1 N–H and O–H groups in total. The van der Waals surface area contributed by atoms with Gasteiger partial charge in [0.25, 0.3) is 5.91 Å². The number of pyridine rings is 1. The molecule has 0 unspecified atom stereocenters. The second kappa shape index (κ2) is 8.91. The van der Waals surface area contributed by atoms with Gasteiger partial charge in [0.05, 0.1) is 19.0 Å². The third-order valence-corrected chi connectivity index (χ3v) is 3.95. The lowest BCUT2D eigenvalue weighted by Gasteiger charge is -2.18. The lowest BCUT2D eigenvalue weighted by atomic mass is 10.1. The van der Waals surface area contributed by atoms with Crippen molar-refractivity contribution in [1.82, 2.24) is 9.88 Å². The highest BCUT2D eigenvalue weighted by Gasteiger charge is 2.13. The van der Waals surface area contributed by atoms with Crippen LogP contribution in [0.2, 0.25) is 0 Å². The highest BCUT2D eigenvalue weighted by atomic mass is 16.5. The summed E-state index contributed by atoms with van der Waals surface area (Å²) < 4.78 is 5.35. The van der Waals surface area contributed by atoms with Gasteiger partial charge in [-0.2, -0.15) is 0 Å². The smallest absolute Gasteiger partial charge is 0.272 e. The van der Waals surface area contributed by atoms with Crippen molar-refractivity contribution < 1.29 is 9.53 Å². The van der Waals surface area contributed by atoms with Crippen LogP contribution in [0.25, 0.3) is 0 Å². The van der Waals surface area contributed by atoms with Gasteiger partial charge in [-0.3, -0.25) is 4.79 Å². The van der Waals surface area contributed by atoms with Crippen LogP contribution in [0.1, 0.15) is 29.9 Å². The van der Waals surface area contributed by atoms with Crippen LogP contribution in [0.5, 0.6) is 5.75 Å². The quantitative estimate of drug-likeness (QED) is 0.809. The normalized spacial score (nSPS) is 10.3. The maximum Gasteiger partial charge on any atom is 0.272 e. The Morgan fingerprint density at radius 3 is 2.54 bits per heavy atom. The van der Waals surface area contributed by atoms with E-state index >= 15 is 0 Å². The maximum absolute atomic E-state index is 12.2. The van der Waals surface area contributed by atoms with Gasteiger partial charge in [0, 0.05) is 19.6 Å². The van der Waals surface area contributed by atoms with Gasteiger partial charge in [0.1, 0.15) is 11.4 Å². The molecule has 0 aliphatic rings. The highest BCUT2D eigenvalue weighted by Crippen LogP contribution is 2.18. The molecule has 1 amide bonds. The number of methoxy groups -OCH3 is 1. The Labute approximate surface area is 143 Å². The summed E-state index contributed by atoms with van der Waals surface area (Å²) in [5.41, 5.74) is 2.55. The first kappa shape index (κ1) is 17.8. The summed E-state index contributed by atoms with van der Waals surface area (Å²) in [6.07, 6.45) is 2.56. The Bertz CT molecular complexity index is 652. The molecule has 0 spiro atoms. The maximum atomic E-state index is 12.2. The van der Waals surface area contributed by atoms with E-state index in [1.54, 1.807) is 24.3 Å². The summed E-state index contributed by atoms with van der Waals surface area (Å²) in [5.74, 6) is 0.873. The first-order chi connectivity index (χ1) is 11.7. The molecular weight excluding hydrogens is 302 g/mol. The second-order valence-electron chi connectivity index (χ2n) is 5.40. The van der Waals surface area contributed by atoms with Crippen molar-refractivity contribution in [2.24, 2.45) is 0 Å². The van der Waals surface area contributed by atoms with E-state index in [1.807, 2.05) is 38.1 Å². The molecule has 0 saturated heterocycles. The summed E-state index contributed by atoms with van der Waals surface area (Å²) in [6, 6.07) is 11.7. The number of carbonyl (C=O) groups is 1. The minimum absolute atomic E-state index is 0.0272. The van der Waals surface area contributed by atoms with Crippen molar-refractivity contribution in [2.45, 2.75) is 20.3 Å². The van der Waals surface area contributed by atoms with E-state index in [2.05, 4.69) is 16.4 Å². The van der Waals surface area contributed by atoms with Gasteiger partial charge in [-0.05, 0) is 44.0 Å². The standard InChI is InChI=1S/C19H25N3O2/c1-4-22(5-2)19(23)17-11-10-16(14-21-17)20-13-12-15-8-6-7-9-18(15)24-3/h6-11,14,20H,4-5,12-13H2,1-3H3. The average molecular weight is 327 g/mol. The van der Waals surface area contributed by atoms with E-state index in [9.17, 15) is 4.79 Å². The number of carbonyl (C=O) groups excluding carboxylic acids is 1. The van der Waals surface area contributed by atoms with Crippen LogP contribution >= 0.6 is 0 Å². The molecule has 0 aliphatic heterocycles. The number of anilines is 1. The molecule has 5 nitrogen and oxygen atoms in total. The third-order valence-electron chi connectivity index (χ3n) is 3.95. The number of rotatable bonds is 8. The molecule has 1 aromatic carbocycles. The third kappa shape index (κ3) is 4.47. The molecule has 2 aromatic rings. The molecule has 24 heavy (non-hydrogen) atoms. The Balaban J connectivity index is 1.91. The average Bonchev–Trinajstić information content (AvgIpc) is 2.63. The van der Waals surface area contributed by atoms with Crippen molar-refractivity contribution in [1.29, 1.82) is 0 Å². The van der Waals surface area contributed by atoms with E-state index in [1.165, 1.54) is 0 Å². The van der Waals surface area contributed by atoms with Crippen molar-refractivity contribution in [3.63, 3.8) is 0 Å². The molecule has 0 atom stereocenters. The van der Waals surface area contributed by atoms with Crippen LogP contribution in [-0.2, 0) is 6.42 Å². The number of nitrogens with one attached hydrogen (secondary N) is 1. The Morgan fingerprint density at radius 2 is 1.92 bits per heavy atom. The van der Waals surface area contributed by atoms with Crippen LogP contribution < -0.4 is 10.1 Å². The molecule has 128 valence electrons. The summed E-state index contributed by atoms with van der Waals surface area (Å²) in [4.78, 5) is 18.3. The summed E-state index contributed by atoms with van der Waals surface area (Å²) in [7, 11) is 1.68. The van der Waals surface area contributed by atoms with Crippen molar-refractivity contribution in [3.05, 3.63) is 53.9 Å². The van der Waals surface area contributed by atoms with Crippen LogP contribution in [0.4, 0.5) is 5.69 Å². The second-order valence-corrected chi connectivity index (χ2v) is 5.40. The van der Waals surface area contributed by atoms with Crippen LogP contribution in [0.15, 0.2) is 42.6 Å². The summed E-state index contributed by atoms with van der Waals surface area (Å²) in [6.45, 7) is 6.08. The monoisotopic (exact) mass is 327 g/mol. The van der Waals surface area contributed by atoms with E-state index in [-0.39, 0.29) is 5.91 Å². The lowest BCUT2D eigenvalue weighted by Crippen LogP contribution is -2.31. The van der Waals surface area contributed by atoms with Crippen molar-refractivity contribution in [2.75, 3.05) is 32.1 Å². The lowest BCUT2D eigenvalue weighted by molar-refractivity contribution is 0.0767. The van der Waals surface area contributed by atoms with Gasteiger partial charge in [-0.25, -0.2) is 4.98 Å². The SMILES string of the molecule is CCN(CC)C(=O)c1ccc(NCCc2ccccc2OC)cn1. The van der Waals surface area contributed by atoms with Crippen LogP contribution in [-0.4, -0.2) is 42.5 Å².